The Hall–Kier alpha value is -3.16. The molecule has 0 saturated heterocycles. The van der Waals surface area contributed by atoms with Crippen LogP contribution in [0.3, 0.4) is 0 Å². The van der Waals surface area contributed by atoms with Gasteiger partial charge in [0.15, 0.2) is 0 Å². The third-order valence-electron chi connectivity index (χ3n) is 2.50. The largest absolute Gasteiger partial charge is 0.506 e. The van der Waals surface area contributed by atoms with Gasteiger partial charge in [0.2, 0.25) is 0 Å². The molecule has 102 valence electrons. The summed E-state index contributed by atoms with van der Waals surface area (Å²) in [5, 5.41) is 22.4. The molecule has 0 fully saturated rings. The fraction of sp³-hybridized carbons (Fsp3) is 0. The maximum atomic E-state index is 11.8. The van der Waals surface area contributed by atoms with Crippen molar-refractivity contribution in [2.75, 3.05) is 5.32 Å². The molecule has 2 rings (SSSR count). The van der Waals surface area contributed by atoms with E-state index in [0.29, 0.717) is 0 Å². The lowest BCUT2D eigenvalue weighted by Crippen LogP contribution is -2.22. The number of benzene rings is 1. The molecule has 0 spiro atoms. The number of hydrogen-bond donors (Lipinski definition) is 3. The molecule has 1 aromatic carbocycles. The maximum absolute atomic E-state index is 11.8. The molecule has 3 N–H and O–H groups in total. The van der Waals surface area contributed by atoms with E-state index in [1.165, 1.54) is 24.4 Å². The summed E-state index contributed by atoms with van der Waals surface area (Å²) in [4.78, 5) is 35.4. The van der Waals surface area contributed by atoms with Crippen LogP contribution in [0.2, 0.25) is 0 Å². The average Bonchev–Trinajstić information content (AvgIpc) is 2.41. The van der Waals surface area contributed by atoms with Gasteiger partial charge in [-0.25, -0.2) is 0 Å². The number of carbonyl (C=O) groups is 1. The van der Waals surface area contributed by atoms with Crippen LogP contribution in [0.5, 0.6) is 5.75 Å². The molecule has 0 bridgehead atoms. The summed E-state index contributed by atoms with van der Waals surface area (Å²) in [6.07, 6.45) is 1.38. The standard InChI is InChI=1S/C12H9N3O5/c16-10-6-7(15(19)20)3-4-9(10)14-12(18)8-2-1-5-13-11(8)17/h1-6,16H,(H,13,17)(H,14,18). The van der Waals surface area contributed by atoms with Crippen LogP contribution in [0.25, 0.3) is 0 Å². The Bertz CT molecular complexity index is 738. The quantitative estimate of drug-likeness (QED) is 0.441. The van der Waals surface area contributed by atoms with E-state index in [4.69, 9.17) is 0 Å². The van der Waals surface area contributed by atoms with E-state index in [2.05, 4.69) is 10.3 Å². The number of anilines is 1. The molecular weight excluding hydrogens is 266 g/mol. The summed E-state index contributed by atoms with van der Waals surface area (Å²) in [5.41, 5.74) is -1.04. The number of nitro benzene ring substituents is 1. The van der Waals surface area contributed by atoms with Crippen molar-refractivity contribution in [2.45, 2.75) is 0 Å². The molecule has 0 aliphatic heterocycles. The lowest BCUT2D eigenvalue weighted by molar-refractivity contribution is -0.384. The van der Waals surface area contributed by atoms with E-state index >= 15 is 0 Å². The van der Waals surface area contributed by atoms with Crippen LogP contribution >= 0.6 is 0 Å². The highest BCUT2D eigenvalue weighted by molar-refractivity contribution is 6.04. The zero-order chi connectivity index (χ0) is 14.7. The van der Waals surface area contributed by atoms with Gasteiger partial charge >= 0.3 is 0 Å². The number of H-pyrrole nitrogens is 1. The molecular formula is C12H9N3O5. The van der Waals surface area contributed by atoms with Gasteiger partial charge in [0.25, 0.3) is 17.2 Å². The van der Waals surface area contributed by atoms with E-state index in [1.807, 2.05) is 0 Å². The van der Waals surface area contributed by atoms with Crippen molar-refractivity contribution >= 4 is 17.3 Å². The number of carbonyl (C=O) groups excluding carboxylic acids is 1. The number of nitrogens with one attached hydrogen (secondary N) is 2. The third-order valence-corrected chi connectivity index (χ3v) is 2.50. The normalized spacial score (nSPS) is 10.0. The number of aromatic hydroxyl groups is 1. The number of phenolic OH excluding ortho intramolecular Hbond substituents is 1. The fourth-order valence-electron chi connectivity index (χ4n) is 1.53. The Balaban J connectivity index is 2.27. The van der Waals surface area contributed by atoms with Gasteiger partial charge in [-0.1, -0.05) is 0 Å². The summed E-state index contributed by atoms with van der Waals surface area (Å²) in [5.74, 6) is -1.18. The summed E-state index contributed by atoms with van der Waals surface area (Å²) in [6.45, 7) is 0. The van der Waals surface area contributed by atoms with Gasteiger partial charge in [-0.2, -0.15) is 0 Å². The first kappa shape index (κ1) is 13.3. The fourth-order valence-corrected chi connectivity index (χ4v) is 1.53. The average molecular weight is 275 g/mol. The molecule has 0 saturated carbocycles. The van der Waals surface area contributed by atoms with Gasteiger partial charge in [-0.15, -0.1) is 0 Å². The van der Waals surface area contributed by atoms with Crippen molar-refractivity contribution in [3.63, 3.8) is 0 Å². The monoisotopic (exact) mass is 275 g/mol. The number of non-ortho nitro benzene ring substituents is 1. The molecule has 1 heterocycles. The Labute approximate surface area is 111 Å². The highest BCUT2D eigenvalue weighted by Crippen LogP contribution is 2.27. The third kappa shape index (κ3) is 2.64. The van der Waals surface area contributed by atoms with Crippen LogP contribution in [0, 0.1) is 10.1 Å². The number of rotatable bonds is 3. The Morgan fingerprint density at radius 2 is 2.10 bits per heavy atom. The Morgan fingerprint density at radius 1 is 1.35 bits per heavy atom. The van der Waals surface area contributed by atoms with E-state index in [-0.39, 0.29) is 16.9 Å². The highest BCUT2D eigenvalue weighted by atomic mass is 16.6. The first-order valence-electron chi connectivity index (χ1n) is 5.45. The van der Waals surface area contributed by atoms with Crippen molar-refractivity contribution in [3.05, 3.63) is 62.6 Å². The molecule has 1 aromatic heterocycles. The number of hydrogen-bond acceptors (Lipinski definition) is 5. The molecule has 0 aliphatic carbocycles. The Kier molecular flexibility index (Phi) is 3.47. The van der Waals surface area contributed by atoms with E-state index in [9.17, 15) is 24.8 Å². The Morgan fingerprint density at radius 3 is 2.70 bits per heavy atom. The number of phenols is 1. The lowest BCUT2D eigenvalue weighted by Gasteiger charge is -2.06. The van der Waals surface area contributed by atoms with Crippen LogP contribution < -0.4 is 10.9 Å². The number of pyridine rings is 1. The van der Waals surface area contributed by atoms with Gasteiger partial charge in [0.05, 0.1) is 16.7 Å². The van der Waals surface area contributed by atoms with Gasteiger partial charge in [0.1, 0.15) is 11.3 Å². The predicted molar refractivity (Wildman–Crippen MR) is 69.8 cm³/mol. The molecule has 0 atom stereocenters. The van der Waals surface area contributed by atoms with Gasteiger partial charge < -0.3 is 15.4 Å². The first-order valence-corrected chi connectivity index (χ1v) is 5.45. The van der Waals surface area contributed by atoms with Crippen LogP contribution in [-0.2, 0) is 0 Å². The lowest BCUT2D eigenvalue weighted by atomic mass is 10.2. The first-order chi connectivity index (χ1) is 9.49. The van der Waals surface area contributed by atoms with Crippen LogP contribution in [0.4, 0.5) is 11.4 Å². The van der Waals surface area contributed by atoms with E-state index in [1.54, 1.807) is 0 Å². The molecule has 8 nitrogen and oxygen atoms in total. The summed E-state index contributed by atoms with van der Waals surface area (Å²) in [6, 6.07) is 6.01. The van der Waals surface area contributed by atoms with E-state index in [0.717, 1.165) is 12.1 Å². The van der Waals surface area contributed by atoms with Crippen LogP contribution in [-0.4, -0.2) is 20.9 Å². The number of aromatic amines is 1. The van der Waals surface area contributed by atoms with Gasteiger partial charge in [-0.05, 0) is 18.2 Å². The maximum Gasteiger partial charge on any atom is 0.273 e. The van der Waals surface area contributed by atoms with Crippen LogP contribution in [0.15, 0.2) is 41.3 Å². The van der Waals surface area contributed by atoms with Gasteiger partial charge in [-0.3, -0.25) is 19.7 Å². The second-order valence-corrected chi connectivity index (χ2v) is 3.83. The van der Waals surface area contributed by atoms with Crippen molar-refractivity contribution in [3.8, 4) is 5.75 Å². The molecule has 0 radical (unpaired) electrons. The molecule has 0 aliphatic rings. The van der Waals surface area contributed by atoms with Crippen molar-refractivity contribution in [1.82, 2.24) is 4.98 Å². The molecule has 0 unspecified atom stereocenters. The minimum Gasteiger partial charge on any atom is -0.506 e. The number of amides is 1. The number of nitrogens with zero attached hydrogens (tertiary/aromatic N) is 1. The molecule has 2 aromatic rings. The summed E-state index contributed by atoms with van der Waals surface area (Å²) >= 11 is 0. The van der Waals surface area contributed by atoms with Crippen LogP contribution in [0.1, 0.15) is 10.4 Å². The number of aromatic nitrogens is 1. The summed E-state index contributed by atoms with van der Waals surface area (Å²) in [7, 11) is 0. The molecule has 8 heteroatoms. The van der Waals surface area contributed by atoms with Crippen molar-refractivity contribution < 1.29 is 14.8 Å². The zero-order valence-electron chi connectivity index (χ0n) is 9.99. The van der Waals surface area contributed by atoms with Crippen molar-refractivity contribution in [2.24, 2.45) is 0 Å². The zero-order valence-corrected chi connectivity index (χ0v) is 9.99. The molecule has 20 heavy (non-hydrogen) atoms. The topological polar surface area (TPSA) is 125 Å². The summed E-state index contributed by atoms with van der Waals surface area (Å²) < 4.78 is 0. The van der Waals surface area contributed by atoms with Crippen molar-refractivity contribution in [1.29, 1.82) is 0 Å². The highest BCUT2D eigenvalue weighted by Gasteiger charge is 2.14. The number of nitro groups is 1. The predicted octanol–water partition coefficient (Wildman–Crippen LogP) is 1.24. The minimum atomic E-state index is -0.726. The van der Waals surface area contributed by atoms with E-state index < -0.39 is 22.1 Å². The minimum absolute atomic E-state index is 0.0242. The van der Waals surface area contributed by atoms with Gasteiger partial charge in [0, 0.05) is 12.3 Å². The SMILES string of the molecule is O=C(Nc1ccc([N+](=O)[O-])cc1O)c1ccc[nH]c1=O. The molecule has 1 amide bonds. The smallest absolute Gasteiger partial charge is 0.273 e. The second kappa shape index (κ2) is 5.22. The second-order valence-electron chi connectivity index (χ2n) is 3.83.